The lowest BCUT2D eigenvalue weighted by atomic mass is 9.88. The van der Waals surface area contributed by atoms with E-state index in [1.807, 2.05) is 12.1 Å². The molecule has 2 aromatic carbocycles. The van der Waals surface area contributed by atoms with Gasteiger partial charge >= 0.3 is 0 Å². The number of hydrogen-bond donors (Lipinski definition) is 0. The first-order chi connectivity index (χ1) is 13.2. The number of aromatic nitrogens is 1. The van der Waals surface area contributed by atoms with Crippen LogP contribution in [0.25, 0.3) is 10.8 Å². The quantitative estimate of drug-likeness (QED) is 0.475. The van der Waals surface area contributed by atoms with Gasteiger partial charge in [0, 0.05) is 25.1 Å². The molecule has 0 saturated carbocycles. The van der Waals surface area contributed by atoms with Crippen LogP contribution in [0, 0.1) is 6.92 Å². The van der Waals surface area contributed by atoms with Gasteiger partial charge in [-0.1, -0.05) is 53.7 Å². The average molecular weight is 378 g/mol. The zero-order valence-electron chi connectivity index (χ0n) is 15.8. The van der Waals surface area contributed by atoms with E-state index in [0.29, 0.717) is 11.8 Å². The molecule has 0 unspecified atom stereocenters. The van der Waals surface area contributed by atoms with Gasteiger partial charge in [0.1, 0.15) is 0 Å². The molecule has 0 amide bonds. The number of likely N-dealkylation sites (tertiary alicyclic amines) is 1. The lowest BCUT2D eigenvalue weighted by Gasteiger charge is -2.41. The molecule has 1 aliphatic rings. The van der Waals surface area contributed by atoms with Crippen LogP contribution in [0.15, 0.2) is 59.7 Å². The monoisotopic (exact) mass is 377 g/mol. The Morgan fingerprint density at radius 2 is 2.04 bits per heavy atom. The van der Waals surface area contributed by atoms with Crippen molar-refractivity contribution in [3.8, 4) is 5.88 Å². The van der Waals surface area contributed by atoms with Gasteiger partial charge in [-0.25, -0.2) is 9.98 Å². The summed E-state index contributed by atoms with van der Waals surface area (Å²) in [5.41, 5.74) is 3.60. The first-order valence-electron chi connectivity index (χ1n) is 9.05. The summed E-state index contributed by atoms with van der Waals surface area (Å²) in [6.07, 6.45) is 3.82. The Bertz CT molecular complexity index is 979. The molecule has 138 valence electrons. The molecule has 0 bridgehead atoms. The molecule has 0 spiro atoms. The topological polar surface area (TPSA) is 37.7 Å². The third-order valence-corrected chi connectivity index (χ3v) is 5.71. The van der Waals surface area contributed by atoms with Crippen molar-refractivity contribution in [1.29, 1.82) is 0 Å². The number of methoxy groups -OCH3 is 1. The Morgan fingerprint density at radius 1 is 1.19 bits per heavy atom. The van der Waals surface area contributed by atoms with Crippen LogP contribution >= 0.6 is 11.8 Å². The third-order valence-electron chi connectivity index (χ3n) is 5.00. The van der Waals surface area contributed by atoms with Crippen LogP contribution in [0.2, 0.25) is 0 Å². The lowest BCUT2D eigenvalue weighted by Crippen LogP contribution is -2.47. The smallest absolute Gasteiger partial charge is 0.213 e. The molecule has 1 fully saturated rings. The largest absolute Gasteiger partial charge is 0.481 e. The number of aliphatic imine (C=N–C) groups is 1. The van der Waals surface area contributed by atoms with Crippen molar-refractivity contribution in [1.82, 2.24) is 9.88 Å². The minimum atomic E-state index is 0.544. The Hall–Kier alpha value is -2.53. The van der Waals surface area contributed by atoms with Gasteiger partial charge in [-0.2, -0.15) is 0 Å². The molecule has 5 heteroatoms. The van der Waals surface area contributed by atoms with Gasteiger partial charge in [-0.15, -0.1) is 0 Å². The number of nitrogens with zero attached hydrogens (tertiary/aromatic N) is 3. The fraction of sp³-hybridized carbons (Fsp3) is 0.273. The van der Waals surface area contributed by atoms with Gasteiger partial charge in [-0.05, 0) is 35.6 Å². The minimum Gasteiger partial charge on any atom is -0.481 e. The molecule has 0 atom stereocenters. The summed E-state index contributed by atoms with van der Waals surface area (Å²) in [4.78, 5) is 11.3. The first-order valence-corrected chi connectivity index (χ1v) is 10.3. The van der Waals surface area contributed by atoms with Crippen molar-refractivity contribution in [2.45, 2.75) is 12.8 Å². The van der Waals surface area contributed by atoms with Gasteiger partial charge in [0.25, 0.3) is 0 Å². The maximum atomic E-state index is 5.11. The van der Waals surface area contributed by atoms with Crippen LogP contribution in [0.1, 0.15) is 17.0 Å². The van der Waals surface area contributed by atoms with Crippen LogP contribution in [-0.4, -0.2) is 41.5 Å². The lowest BCUT2D eigenvalue weighted by molar-refractivity contribution is 0.259. The number of hydrogen-bond acceptors (Lipinski definition) is 4. The summed E-state index contributed by atoms with van der Waals surface area (Å²) in [5, 5.41) is 3.73. The number of rotatable bonds is 3. The molecule has 4 nitrogen and oxygen atoms in total. The van der Waals surface area contributed by atoms with Crippen LogP contribution in [0.3, 0.4) is 0 Å². The summed E-state index contributed by atoms with van der Waals surface area (Å²) in [7, 11) is 1.62. The van der Waals surface area contributed by atoms with Gasteiger partial charge in [0.2, 0.25) is 5.88 Å². The molecular weight excluding hydrogens is 354 g/mol. The van der Waals surface area contributed by atoms with Crippen molar-refractivity contribution in [3.05, 3.63) is 65.9 Å². The number of pyridine rings is 1. The molecule has 1 aliphatic heterocycles. The second kappa shape index (κ2) is 7.61. The molecule has 0 radical (unpaired) electrons. The van der Waals surface area contributed by atoms with Crippen LogP contribution < -0.4 is 4.74 Å². The van der Waals surface area contributed by atoms with Crippen molar-refractivity contribution in [2.24, 2.45) is 4.99 Å². The maximum absolute atomic E-state index is 5.11. The number of aryl methyl sites for hydroxylation is 1. The van der Waals surface area contributed by atoms with Crippen molar-refractivity contribution >= 4 is 33.4 Å². The second-order valence-electron chi connectivity index (χ2n) is 6.83. The van der Waals surface area contributed by atoms with Crippen LogP contribution in [0.5, 0.6) is 5.88 Å². The van der Waals surface area contributed by atoms with E-state index >= 15 is 0 Å². The molecule has 2 heterocycles. The van der Waals surface area contributed by atoms with E-state index in [2.05, 4.69) is 59.5 Å². The van der Waals surface area contributed by atoms with Crippen molar-refractivity contribution < 1.29 is 4.74 Å². The summed E-state index contributed by atoms with van der Waals surface area (Å²) < 4.78 is 5.11. The number of thioether (sulfide) groups is 1. The van der Waals surface area contributed by atoms with Gasteiger partial charge in [0.05, 0.1) is 19.0 Å². The SMILES string of the molecule is COc1ccc(N=C(SC)N2CC(c3cccc4cc(C)ccc34)C2)cn1. The maximum Gasteiger partial charge on any atom is 0.213 e. The number of benzene rings is 2. The summed E-state index contributed by atoms with van der Waals surface area (Å²) in [6, 6.07) is 17.1. The van der Waals surface area contributed by atoms with Crippen molar-refractivity contribution in [2.75, 3.05) is 26.5 Å². The molecule has 1 saturated heterocycles. The number of ether oxygens (including phenoxy) is 1. The first kappa shape index (κ1) is 17.9. The van der Waals surface area contributed by atoms with Crippen LogP contribution in [-0.2, 0) is 0 Å². The summed E-state index contributed by atoms with van der Waals surface area (Å²) in [5.74, 6) is 1.15. The fourth-order valence-electron chi connectivity index (χ4n) is 3.53. The van der Waals surface area contributed by atoms with E-state index in [9.17, 15) is 0 Å². The Balaban J connectivity index is 1.51. The van der Waals surface area contributed by atoms with E-state index in [-0.39, 0.29) is 0 Å². The molecule has 0 N–H and O–H groups in total. The predicted octanol–water partition coefficient (Wildman–Crippen LogP) is 5.00. The summed E-state index contributed by atoms with van der Waals surface area (Å²) >= 11 is 1.68. The highest BCUT2D eigenvalue weighted by Gasteiger charge is 2.31. The predicted molar refractivity (Wildman–Crippen MR) is 114 cm³/mol. The van der Waals surface area contributed by atoms with Gasteiger partial charge in [-0.3, -0.25) is 0 Å². The second-order valence-corrected chi connectivity index (χ2v) is 7.60. The van der Waals surface area contributed by atoms with Crippen molar-refractivity contribution in [3.63, 3.8) is 0 Å². The highest BCUT2D eigenvalue weighted by atomic mass is 32.2. The minimum absolute atomic E-state index is 0.544. The van der Waals surface area contributed by atoms with E-state index in [0.717, 1.165) is 23.9 Å². The zero-order valence-corrected chi connectivity index (χ0v) is 16.7. The Labute approximate surface area is 164 Å². The average Bonchev–Trinajstić information content (AvgIpc) is 2.66. The molecular formula is C22H23N3OS. The summed E-state index contributed by atoms with van der Waals surface area (Å²) in [6.45, 7) is 4.14. The highest BCUT2D eigenvalue weighted by molar-refractivity contribution is 8.13. The molecule has 1 aromatic heterocycles. The van der Waals surface area contributed by atoms with E-state index < -0.39 is 0 Å². The van der Waals surface area contributed by atoms with E-state index in [1.165, 1.54) is 21.9 Å². The normalized spacial score (nSPS) is 15.1. The third kappa shape index (κ3) is 3.65. The standard InChI is InChI=1S/C22H23N3OS/c1-15-7-9-20-16(11-15)5-4-6-19(20)17-13-25(14-17)22(27-3)24-18-8-10-21(26-2)23-12-18/h4-12,17H,13-14H2,1-3H3. The van der Waals surface area contributed by atoms with Crippen LogP contribution in [0.4, 0.5) is 5.69 Å². The van der Waals surface area contributed by atoms with Gasteiger partial charge in [0.15, 0.2) is 5.17 Å². The van der Waals surface area contributed by atoms with E-state index in [1.54, 1.807) is 25.1 Å². The number of fused-ring (bicyclic) bond motifs is 1. The zero-order chi connectivity index (χ0) is 18.8. The van der Waals surface area contributed by atoms with E-state index in [4.69, 9.17) is 9.73 Å². The molecule has 4 rings (SSSR count). The van der Waals surface area contributed by atoms with Gasteiger partial charge < -0.3 is 9.64 Å². The number of amidine groups is 1. The molecule has 27 heavy (non-hydrogen) atoms. The molecule has 3 aromatic rings. The highest BCUT2D eigenvalue weighted by Crippen LogP contribution is 2.34. The Morgan fingerprint density at radius 3 is 2.74 bits per heavy atom. The Kier molecular flexibility index (Phi) is 5.03. The fourth-order valence-corrected chi connectivity index (χ4v) is 4.13. The molecule has 0 aliphatic carbocycles.